The first-order valence-corrected chi connectivity index (χ1v) is 6.78. The second-order valence-electron chi connectivity index (χ2n) is 5.20. The van der Waals surface area contributed by atoms with Crippen LogP contribution in [0.5, 0.6) is 0 Å². The van der Waals surface area contributed by atoms with Gasteiger partial charge in [-0.2, -0.15) is 0 Å². The fourth-order valence-corrected chi connectivity index (χ4v) is 2.29. The van der Waals surface area contributed by atoms with Crippen LogP contribution in [0.1, 0.15) is 57.2 Å². The van der Waals surface area contributed by atoms with Gasteiger partial charge in [-0.15, -0.1) is 0 Å². The lowest BCUT2D eigenvalue weighted by Crippen LogP contribution is -1.99. The van der Waals surface area contributed by atoms with Crippen LogP contribution >= 0.6 is 0 Å². The van der Waals surface area contributed by atoms with E-state index in [0.717, 1.165) is 5.92 Å². The summed E-state index contributed by atoms with van der Waals surface area (Å²) in [4.78, 5) is 0. The Morgan fingerprint density at radius 1 is 0.938 bits per heavy atom. The molecule has 0 saturated heterocycles. The molecule has 1 rings (SSSR count). The van der Waals surface area contributed by atoms with Crippen molar-refractivity contribution in [3.63, 3.8) is 0 Å². The number of benzene rings is 1. The van der Waals surface area contributed by atoms with Crippen molar-refractivity contribution in [3.8, 4) is 0 Å². The van der Waals surface area contributed by atoms with Gasteiger partial charge in [0.05, 0.1) is 0 Å². The first-order chi connectivity index (χ1) is 7.67. The van der Waals surface area contributed by atoms with Crippen LogP contribution in [0.3, 0.4) is 0 Å². The minimum Gasteiger partial charge on any atom is -0.0651 e. The highest BCUT2D eigenvalue weighted by molar-refractivity contribution is 5.32. The number of rotatable bonds is 6. The van der Waals surface area contributed by atoms with E-state index in [-0.39, 0.29) is 0 Å². The molecule has 0 heteroatoms. The highest BCUT2D eigenvalue weighted by Crippen LogP contribution is 2.18. The maximum absolute atomic E-state index is 2.44. The predicted octanol–water partition coefficient (Wildman–Crippen LogP) is 4.79. The summed E-state index contributed by atoms with van der Waals surface area (Å²) >= 11 is 0. The molecule has 1 aromatic carbocycles. The number of hydrogen-bond acceptors (Lipinski definition) is 0. The van der Waals surface area contributed by atoms with Crippen molar-refractivity contribution in [2.24, 2.45) is 5.92 Å². The van der Waals surface area contributed by atoms with E-state index in [0.29, 0.717) is 0 Å². The van der Waals surface area contributed by atoms with E-state index in [1.54, 1.807) is 11.1 Å². The van der Waals surface area contributed by atoms with Crippen LogP contribution < -0.4 is 0 Å². The van der Waals surface area contributed by atoms with Gasteiger partial charge in [0.1, 0.15) is 0 Å². The largest absolute Gasteiger partial charge is 0.0651 e. The molecule has 0 aliphatic heterocycles. The van der Waals surface area contributed by atoms with Crippen molar-refractivity contribution < 1.29 is 0 Å². The lowest BCUT2D eigenvalue weighted by molar-refractivity contribution is 0.646. The molecule has 0 aliphatic carbocycles. The molecule has 0 fully saturated rings. The fourth-order valence-electron chi connectivity index (χ4n) is 2.29. The van der Waals surface area contributed by atoms with Crippen molar-refractivity contribution in [1.82, 2.24) is 0 Å². The Hall–Kier alpha value is -0.780. The summed E-state index contributed by atoms with van der Waals surface area (Å²) in [5, 5.41) is 0. The van der Waals surface area contributed by atoms with Gasteiger partial charge in [-0.3, -0.25) is 0 Å². The SMILES string of the molecule is CCCc1ccc(CC(C)C)cc1CCC. The average molecular weight is 218 g/mol. The van der Waals surface area contributed by atoms with Gasteiger partial charge in [-0.1, -0.05) is 58.7 Å². The minimum absolute atomic E-state index is 0.756. The van der Waals surface area contributed by atoms with Crippen LogP contribution in [0.15, 0.2) is 18.2 Å². The molecule has 1 aromatic rings. The first-order valence-electron chi connectivity index (χ1n) is 6.78. The maximum atomic E-state index is 2.44. The molecular formula is C16H26. The van der Waals surface area contributed by atoms with E-state index >= 15 is 0 Å². The molecule has 0 radical (unpaired) electrons. The maximum Gasteiger partial charge on any atom is -0.0256 e. The third kappa shape index (κ3) is 4.00. The molecule has 0 unspecified atom stereocenters. The number of aryl methyl sites for hydroxylation is 2. The molecule has 0 nitrogen and oxygen atoms in total. The van der Waals surface area contributed by atoms with E-state index in [1.807, 2.05) is 0 Å². The zero-order valence-corrected chi connectivity index (χ0v) is 11.3. The van der Waals surface area contributed by atoms with Crippen LogP contribution in [0, 0.1) is 5.92 Å². The smallest absolute Gasteiger partial charge is 0.0256 e. The zero-order valence-electron chi connectivity index (χ0n) is 11.3. The molecule has 90 valence electrons. The van der Waals surface area contributed by atoms with Crippen molar-refractivity contribution in [2.45, 2.75) is 59.8 Å². The summed E-state index contributed by atoms with van der Waals surface area (Å²) in [5.41, 5.74) is 4.66. The van der Waals surface area contributed by atoms with Crippen LogP contribution in [0.4, 0.5) is 0 Å². The van der Waals surface area contributed by atoms with Gasteiger partial charge in [-0.25, -0.2) is 0 Å². The Kier molecular flexibility index (Phi) is 5.59. The highest BCUT2D eigenvalue weighted by atomic mass is 14.1. The Balaban J connectivity index is 2.87. The van der Waals surface area contributed by atoms with Crippen LogP contribution in [0.25, 0.3) is 0 Å². The van der Waals surface area contributed by atoms with Gasteiger partial charge >= 0.3 is 0 Å². The molecule has 0 spiro atoms. The molecule has 0 heterocycles. The molecule has 0 saturated carbocycles. The number of hydrogen-bond donors (Lipinski definition) is 0. The van der Waals surface area contributed by atoms with Crippen LogP contribution in [-0.2, 0) is 19.3 Å². The summed E-state index contributed by atoms with van der Waals surface area (Å²) in [5.74, 6) is 0.756. The summed E-state index contributed by atoms with van der Waals surface area (Å²) in [7, 11) is 0. The van der Waals surface area contributed by atoms with E-state index in [4.69, 9.17) is 0 Å². The topological polar surface area (TPSA) is 0 Å². The van der Waals surface area contributed by atoms with Gasteiger partial charge in [-0.05, 0) is 41.9 Å². The van der Waals surface area contributed by atoms with Crippen LogP contribution in [0.2, 0.25) is 0 Å². The molecular weight excluding hydrogens is 192 g/mol. The minimum atomic E-state index is 0.756. The third-order valence-electron chi connectivity index (χ3n) is 2.95. The molecule has 0 bridgehead atoms. The molecule has 16 heavy (non-hydrogen) atoms. The standard InChI is InChI=1S/C16H26/c1-5-7-15-10-9-14(11-13(3)4)12-16(15)8-6-2/h9-10,12-13H,5-8,11H2,1-4H3. The normalized spacial score (nSPS) is 11.1. The molecule has 0 aliphatic rings. The molecule has 0 atom stereocenters. The Bertz CT molecular complexity index is 310. The van der Waals surface area contributed by atoms with Crippen LogP contribution in [-0.4, -0.2) is 0 Å². The lowest BCUT2D eigenvalue weighted by atomic mass is 9.94. The van der Waals surface area contributed by atoms with Crippen molar-refractivity contribution >= 4 is 0 Å². The second kappa shape index (κ2) is 6.73. The quantitative estimate of drug-likeness (QED) is 0.644. The summed E-state index contributed by atoms with van der Waals surface area (Å²) in [6.45, 7) is 9.11. The Morgan fingerprint density at radius 3 is 2.12 bits per heavy atom. The average Bonchev–Trinajstić information content (AvgIpc) is 2.21. The lowest BCUT2D eigenvalue weighted by Gasteiger charge is -2.12. The van der Waals surface area contributed by atoms with Crippen molar-refractivity contribution in [3.05, 3.63) is 34.9 Å². The summed E-state index contributed by atoms with van der Waals surface area (Å²) in [6.07, 6.45) is 6.18. The van der Waals surface area contributed by atoms with Gasteiger partial charge in [0.2, 0.25) is 0 Å². The fraction of sp³-hybridized carbons (Fsp3) is 0.625. The molecule has 0 N–H and O–H groups in total. The van der Waals surface area contributed by atoms with Crippen molar-refractivity contribution in [2.75, 3.05) is 0 Å². The predicted molar refractivity (Wildman–Crippen MR) is 73.0 cm³/mol. The van der Waals surface area contributed by atoms with Gasteiger partial charge < -0.3 is 0 Å². The molecule has 0 aromatic heterocycles. The van der Waals surface area contributed by atoms with E-state index < -0.39 is 0 Å². The van der Waals surface area contributed by atoms with E-state index in [9.17, 15) is 0 Å². The Morgan fingerprint density at radius 2 is 1.56 bits per heavy atom. The van der Waals surface area contributed by atoms with Gasteiger partial charge in [0, 0.05) is 0 Å². The third-order valence-corrected chi connectivity index (χ3v) is 2.95. The van der Waals surface area contributed by atoms with Crippen molar-refractivity contribution in [1.29, 1.82) is 0 Å². The van der Waals surface area contributed by atoms with Gasteiger partial charge in [0.15, 0.2) is 0 Å². The highest BCUT2D eigenvalue weighted by Gasteiger charge is 2.04. The van der Waals surface area contributed by atoms with Gasteiger partial charge in [0.25, 0.3) is 0 Å². The monoisotopic (exact) mass is 218 g/mol. The zero-order chi connectivity index (χ0) is 12.0. The Labute approximate surface area is 101 Å². The molecule has 0 amide bonds. The summed E-state index contributed by atoms with van der Waals surface area (Å²) < 4.78 is 0. The van der Waals surface area contributed by atoms with E-state index in [2.05, 4.69) is 45.9 Å². The van der Waals surface area contributed by atoms with E-state index in [1.165, 1.54) is 37.7 Å². The second-order valence-corrected chi connectivity index (χ2v) is 5.20. The first kappa shape index (κ1) is 13.3. The summed E-state index contributed by atoms with van der Waals surface area (Å²) in [6, 6.07) is 7.12.